The number of hydrogen-bond acceptors (Lipinski definition) is 5. The van der Waals surface area contributed by atoms with Gasteiger partial charge in [0.1, 0.15) is 0 Å². The Morgan fingerprint density at radius 2 is 1.85 bits per heavy atom. The molecular weight excluding hydrogens is 386 g/mol. The van der Waals surface area contributed by atoms with Crippen LogP contribution in [0.15, 0.2) is 42.6 Å². The SMILES string of the molecule is CS(=O)(=O)Cc1ccc(-c2ccc(C(=O)N3CCCNCC3)cc2)nc1.Cl. The average molecular weight is 410 g/mol. The van der Waals surface area contributed by atoms with Crippen LogP contribution in [0.25, 0.3) is 11.3 Å². The first kappa shape index (κ1) is 21.3. The predicted molar refractivity (Wildman–Crippen MR) is 109 cm³/mol. The van der Waals surface area contributed by atoms with E-state index < -0.39 is 9.84 Å². The summed E-state index contributed by atoms with van der Waals surface area (Å²) in [6.45, 7) is 3.28. The fourth-order valence-corrected chi connectivity index (χ4v) is 3.77. The molecule has 1 saturated heterocycles. The monoisotopic (exact) mass is 409 g/mol. The Kier molecular flexibility index (Phi) is 7.35. The second-order valence-corrected chi connectivity index (χ2v) is 8.74. The van der Waals surface area contributed by atoms with E-state index in [9.17, 15) is 13.2 Å². The van der Waals surface area contributed by atoms with Gasteiger partial charge in [-0.2, -0.15) is 0 Å². The summed E-state index contributed by atoms with van der Waals surface area (Å²) in [6.07, 6.45) is 3.75. The maximum absolute atomic E-state index is 12.6. The van der Waals surface area contributed by atoms with Crippen LogP contribution in [0.2, 0.25) is 0 Å². The van der Waals surface area contributed by atoms with Crippen molar-refractivity contribution in [3.05, 3.63) is 53.7 Å². The first-order valence-electron chi connectivity index (χ1n) is 8.65. The van der Waals surface area contributed by atoms with Crippen molar-refractivity contribution >= 4 is 28.2 Å². The summed E-state index contributed by atoms with van der Waals surface area (Å²) in [5, 5.41) is 3.29. The molecule has 1 aliphatic heterocycles. The molecule has 0 aliphatic carbocycles. The molecule has 8 heteroatoms. The van der Waals surface area contributed by atoms with Crippen LogP contribution in [0, 0.1) is 0 Å². The molecule has 3 rings (SSSR count). The highest BCUT2D eigenvalue weighted by atomic mass is 35.5. The maximum Gasteiger partial charge on any atom is 0.253 e. The second-order valence-electron chi connectivity index (χ2n) is 6.59. The largest absolute Gasteiger partial charge is 0.337 e. The van der Waals surface area contributed by atoms with Crippen LogP contribution in [-0.4, -0.2) is 56.6 Å². The third-order valence-corrected chi connectivity index (χ3v) is 5.17. The van der Waals surface area contributed by atoms with Gasteiger partial charge in [-0.05, 0) is 36.7 Å². The number of carbonyl (C=O) groups excluding carboxylic acids is 1. The second kappa shape index (κ2) is 9.30. The molecule has 1 aromatic heterocycles. The molecule has 27 heavy (non-hydrogen) atoms. The molecule has 1 aromatic carbocycles. The Balaban J connectivity index is 0.00000261. The lowest BCUT2D eigenvalue weighted by molar-refractivity contribution is 0.0766. The zero-order valence-corrected chi connectivity index (χ0v) is 16.9. The van der Waals surface area contributed by atoms with Gasteiger partial charge in [0.15, 0.2) is 9.84 Å². The number of nitrogens with zero attached hydrogens (tertiary/aromatic N) is 2. The van der Waals surface area contributed by atoms with Crippen LogP contribution in [0.5, 0.6) is 0 Å². The minimum absolute atomic E-state index is 0. The third kappa shape index (κ3) is 6.02. The molecule has 0 atom stereocenters. The normalized spacial score (nSPS) is 14.9. The molecule has 2 aromatic rings. The van der Waals surface area contributed by atoms with E-state index in [0.717, 1.165) is 43.9 Å². The van der Waals surface area contributed by atoms with Crippen molar-refractivity contribution in [2.24, 2.45) is 0 Å². The number of nitrogens with one attached hydrogen (secondary N) is 1. The van der Waals surface area contributed by atoms with Gasteiger partial charge < -0.3 is 10.2 Å². The van der Waals surface area contributed by atoms with Gasteiger partial charge in [-0.25, -0.2) is 8.42 Å². The molecule has 0 spiro atoms. The number of pyridine rings is 1. The lowest BCUT2D eigenvalue weighted by Gasteiger charge is -2.20. The molecule has 6 nitrogen and oxygen atoms in total. The quantitative estimate of drug-likeness (QED) is 0.836. The Labute approximate surface area is 166 Å². The van der Waals surface area contributed by atoms with Gasteiger partial charge in [-0.1, -0.05) is 18.2 Å². The van der Waals surface area contributed by atoms with Gasteiger partial charge >= 0.3 is 0 Å². The van der Waals surface area contributed by atoms with Crippen molar-refractivity contribution in [3.8, 4) is 11.3 Å². The maximum atomic E-state index is 12.6. The number of aromatic nitrogens is 1. The van der Waals surface area contributed by atoms with Gasteiger partial charge in [-0.3, -0.25) is 9.78 Å². The van der Waals surface area contributed by atoms with Crippen LogP contribution < -0.4 is 5.32 Å². The summed E-state index contributed by atoms with van der Waals surface area (Å²) in [4.78, 5) is 18.8. The van der Waals surface area contributed by atoms with Crippen LogP contribution in [0.1, 0.15) is 22.3 Å². The summed E-state index contributed by atoms with van der Waals surface area (Å²) in [6, 6.07) is 11.0. The number of benzene rings is 1. The van der Waals surface area contributed by atoms with Gasteiger partial charge in [0, 0.05) is 43.2 Å². The molecule has 0 bridgehead atoms. The van der Waals surface area contributed by atoms with E-state index in [0.29, 0.717) is 11.1 Å². The fourth-order valence-electron chi connectivity index (χ4n) is 3.00. The van der Waals surface area contributed by atoms with E-state index in [4.69, 9.17) is 0 Å². The van der Waals surface area contributed by atoms with Crippen molar-refractivity contribution in [3.63, 3.8) is 0 Å². The number of halogens is 1. The Morgan fingerprint density at radius 1 is 1.11 bits per heavy atom. The summed E-state index contributed by atoms with van der Waals surface area (Å²) < 4.78 is 22.7. The molecule has 0 saturated carbocycles. The smallest absolute Gasteiger partial charge is 0.253 e. The molecule has 1 N–H and O–H groups in total. The molecule has 2 heterocycles. The molecule has 1 aliphatic rings. The van der Waals surface area contributed by atoms with E-state index in [2.05, 4.69) is 10.3 Å². The minimum Gasteiger partial charge on any atom is -0.337 e. The predicted octanol–water partition coefficient (Wildman–Crippen LogP) is 2.15. The van der Waals surface area contributed by atoms with Crippen LogP contribution in [0.4, 0.5) is 0 Å². The number of rotatable bonds is 4. The first-order valence-corrected chi connectivity index (χ1v) is 10.7. The molecular formula is C19H24ClN3O3S. The van der Waals surface area contributed by atoms with E-state index >= 15 is 0 Å². The van der Waals surface area contributed by atoms with Gasteiger partial charge in [0.2, 0.25) is 0 Å². The molecule has 0 unspecified atom stereocenters. The van der Waals surface area contributed by atoms with Gasteiger partial charge in [0.25, 0.3) is 5.91 Å². The van der Waals surface area contributed by atoms with Crippen LogP contribution in [-0.2, 0) is 15.6 Å². The third-order valence-electron chi connectivity index (χ3n) is 4.31. The van der Waals surface area contributed by atoms with E-state index in [1.54, 1.807) is 18.3 Å². The standard InChI is InChI=1S/C19H23N3O3S.ClH/c1-26(24,25)14-15-3-8-18(21-13-15)16-4-6-17(7-5-16)19(23)22-11-2-9-20-10-12-22;/h3-8,13,20H,2,9-12,14H2,1H3;1H. The van der Waals surface area contributed by atoms with Crippen LogP contribution >= 0.6 is 12.4 Å². The summed E-state index contributed by atoms with van der Waals surface area (Å²) in [5.41, 5.74) is 2.98. The van der Waals surface area contributed by atoms with E-state index in [1.165, 1.54) is 6.26 Å². The lowest BCUT2D eigenvalue weighted by atomic mass is 10.1. The summed E-state index contributed by atoms with van der Waals surface area (Å²) >= 11 is 0. The Bertz CT molecular complexity index is 860. The highest BCUT2D eigenvalue weighted by molar-refractivity contribution is 7.89. The van der Waals surface area contributed by atoms with Crippen molar-refractivity contribution in [2.45, 2.75) is 12.2 Å². The topological polar surface area (TPSA) is 79.4 Å². The molecule has 0 radical (unpaired) electrons. The Hall–Kier alpha value is -1.96. The highest BCUT2D eigenvalue weighted by Gasteiger charge is 2.17. The van der Waals surface area contributed by atoms with Crippen molar-refractivity contribution < 1.29 is 13.2 Å². The zero-order valence-electron chi connectivity index (χ0n) is 15.2. The average Bonchev–Trinajstić information content (AvgIpc) is 2.90. The van der Waals surface area contributed by atoms with E-state index in [1.807, 2.05) is 29.2 Å². The summed E-state index contributed by atoms with van der Waals surface area (Å²) in [7, 11) is -3.07. The number of carbonyl (C=O) groups is 1. The minimum atomic E-state index is -3.07. The summed E-state index contributed by atoms with van der Waals surface area (Å²) in [5.74, 6) is 0.0370. The zero-order chi connectivity index (χ0) is 18.6. The van der Waals surface area contributed by atoms with Crippen LogP contribution in [0.3, 0.4) is 0 Å². The highest BCUT2D eigenvalue weighted by Crippen LogP contribution is 2.19. The lowest BCUT2D eigenvalue weighted by Crippen LogP contribution is -2.34. The Morgan fingerprint density at radius 3 is 2.48 bits per heavy atom. The number of amides is 1. The molecule has 1 fully saturated rings. The number of hydrogen-bond donors (Lipinski definition) is 1. The van der Waals surface area contributed by atoms with Crippen molar-refractivity contribution in [2.75, 3.05) is 32.4 Å². The molecule has 146 valence electrons. The first-order chi connectivity index (χ1) is 12.4. The van der Waals surface area contributed by atoms with E-state index in [-0.39, 0.29) is 24.1 Å². The van der Waals surface area contributed by atoms with Crippen molar-refractivity contribution in [1.29, 1.82) is 0 Å². The van der Waals surface area contributed by atoms with Gasteiger partial charge in [-0.15, -0.1) is 12.4 Å². The molecule has 1 amide bonds. The van der Waals surface area contributed by atoms with Gasteiger partial charge in [0.05, 0.1) is 11.4 Å². The number of sulfone groups is 1. The van der Waals surface area contributed by atoms with Crippen molar-refractivity contribution in [1.82, 2.24) is 15.2 Å². The fraction of sp³-hybridized carbons (Fsp3) is 0.368.